The first-order valence-corrected chi connectivity index (χ1v) is 6.92. The van der Waals surface area contributed by atoms with E-state index in [1.165, 1.54) is 18.2 Å². The summed E-state index contributed by atoms with van der Waals surface area (Å²) in [6.45, 7) is 0. The molecule has 0 aromatic heterocycles. The number of hydrogen-bond acceptors (Lipinski definition) is 6. The molecule has 0 aliphatic carbocycles. The minimum Gasteiger partial charge on any atom is -0.506 e. The number of allylic oxidation sites excluding steroid dienone is 1. The average molecular weight is 325 g/mol. The maximum absolute atomic E-state index is 11.8. The van der Waals surface area contributed by atoms with Crippen LogP contribution in [0.5, 0.6) is 11.5 Å². The summed E-state index contributed by atoms with van der Waals surface area (Å²) in [7, 11) is 0. The van der Waals surface area contributed by atoms with Crippen LogP contribution in [0.1, 0.15) is 0 Å². The summed E-state index contributed by atoms with van der Waals surface area (Å²) in [5.41, 5.74) is -0.249. The number of rotatable bonds is 6. The van der Waals surface area contributed by atoms with Gasteiger partial charge >= 0.3 is 0 Å². The molecule has 0 fully saturated rings. The predicted octanol–water partition coefficient (Wildman–Crippen LogP) is 2.25. The zero-order valence-electron chi connectivity index (χ0n) is 12.5. The number of ketones is 1. The highest BCUT2D eigenvalue weighted by molar-refractivity contribution is 6.68. The van der Waals surface area contributed by atoms with Crippen LogP contribution >= 0.6 is 0 Å². The zero-order chi connectivity index (χ0) is 17.5. The average Bonchev–Trinajstić information content (AvgIpc) is 2.57. The van der Waals surface area contributed by atoms with Crippen molar-refractivity contribution >= 4 is 28.8 Å². The number of carbonyl (C=O) groups is 2. The van der Waals surface area contributed by atoms with E-state index >= 15 is 0 Å². The Morgan fingerprint density at radius 2 is 1.58 bits per heavy atom. The van der Waals surface area contributed by atoms with Crippen LogP contribution in [0.2, 0.25) is 0 Å². The maximum atomic E-state index is 11.8. The molecule has 1 amide bonds. The standard InChI is InChI=1S/C17H15N3O4/c18-15(17(24)20-11-5-2-1-3-6-11)12(21)9-10-19-16-13(22)7-4-8-14(16)23/h1-10,18-19,22-23H,(H,20,24)/b10-9-,18-15?. The Balaban J connectivity index is 1.96. The van der Waals surface area contributed by atoms with Gasteiger partial charge in [0.2, 0.25) is 5.78 Å². The van der Waals surface area contributed by atoms with Gasteiger partial charge in [-0.25, -0.2) is 0 Å². The lowest BCUT2D eigenvalue weighted by atomic mass is 10.2. The fourth-order valence-electron chi connectivity index (χ4n) is 1.79. The lowest BCUT2D eigenvalue weighted by Crippen LogP contribution is -2.28. The second kappa shape index (κ2) is 7.59. The van der Waals surface area contributed by atoms with Crippen molar-refractivity contribution in [3.05, 3.63) is 60.8 Å². The number of phenols is 2. The molecule has 0 unspecified atom stereocenters. The van der Waals surface area contributed by atoms with Gasteiger partial charge in [0.1, 0.15) is 17.2 Å². The number of para-hydroxylation sites is 2. The highest BCUT2D eigenvalue weighted by Gasteiger charge is 2.16. The summed E-state index contributed by atoms with van der Waals surface area (Å²) in [6.07, 6.45) is 2.08. The molecular formula is C17H15N3O4. The molecule has 2 rings (SSSR count). The first-order chi connectivity index (χ1) is 11.5. The van der Waals surface area contributed by atoms with Crippen molar-refractivity contribution < 1.29 is 19.8 Å². The quantitative estimate of drug-likeness (QED) is 0.241. The van der Waals surface area contributed by atoms with E-state index < -0.39 is 17.4 Å². The smallest absolute Gasteiger partial charge is 0.277 e. The van der Waals surface area contributed by atoms with Crippen molar-refractivity contribution in [2.45, 2.75) is 0 Å². The van der Waals surface area contributed by atoms with Crippen molar-refractivity contribution in [3.63, 3.8) is 0 Å². The first kappa shape index (κ1) is 16.8. The molecule has 7 nitrogen and oxygen atoms in total. The van der Waals surface area contributed by atoms with E-state index in [4.69, 9.17) is 5.41 Å². The number of benzene rings is 2. The SMILES string of the molecule is N=C(C(=O)/C=C\Nc1c(O)cccc1O)C(=O)Nc1ccccc1. The number of amides is 1. The van der Waals surface area contributed by atoms with Gasteiger partial charge in [0.05, 0.1) is 0 Å². The van der Waals surface area contributed by atoms with Gasteiger partial charge in [0.15, 0.2) is 5.71 Å². The van der Waals surface area contributed by atoms with E-state index in [9.17, 15) is 19.8 Å². The summed E-state index contributed by atoms with van der Waals surface area (Å²) < 4.78 is 0. The summed E-state index contributed by atoms with van der Waals surface area (Å²) in [5.74, 6) is -2.07. The third kappa shape index (κ3) is 4.20. The van der Waals surface area contributed by atoms with E-state index in [1.54, 1.807) is 30.3 Å². The molecule has 0 atom stereocenters. The fourth-order valence-corrected chi connectivity index (χ4v) is 1.79. The van der Waals surface area contributed by atoms with Gasteiger partial charge < -0.3 is 20.8 Å². The summed E-state index contributed by atoms with van der Waals surface area (Å²) in [5, 5.41) is 31.7. The van der Waals surface area contributed by atoms with Gasteiger partial charge in [-0.3, -0.25) is 15.0 Å². The number of anilines is 2. The Morgan fingerprint density at radius 1 is 0.958 bits per heavy atom. The van der Waals surface area contributed by atoms with Crippen molar-refractivity contribution in [1.29, 1.82) is 5.41 Å². The van der Waals surface area contributed by atoms with Gasteiger partial charge in [-0.05, 0) is 24.3 Å². The Kier molecular flexibility index (Phi) is 5.30. The highest BCUT2D eigenvalue weighted by Crippen LogP contribution is 2.32. The molecule has 0 radical (unpaired) electrons. The minimum absolute atomic E-state index is 0.0156. The van der Waals surface area contributed by atoms with Crippen LogP contribution in [0.15, 0.2) is 60.8 Å². The molecule has 2 aromatic rings. The van der Waals surface area contributed by atoms with Gasteiger partial charge in [0, 0.05) is 18.0 Å². The molecule has 7 heteroatoms. The van der Waals surface area contributed by atoms with Gasteiger partial charge in [0.25, 0.3) is 5.91 Å². The van der Waals surface area contributed by atoms with Crippen molar-refractivity contribution in [3.8, 4) is 11.5 Å². The molecule has 0 spiro atoms. The molecule has 5 N–H and O–H groups in total. The lowest BCUT2D eigenvalue weighted by Gasteiger charge is -2.06. The van der Waals surface area contributed by atoms with Crippen LogP contribution in [0.3, 0.4) is 0 Å². The Hall–Kier alpha value is -3.61. The molecule has 0 bridgehead atoms. The Morgan fingerprint density at radius 3 is 2.21 bits per heavy atom. The first-order valence-electron chi connectivity index (χ1n) is 6.92. The molecule has 0 saturated heterocycles. The molecule has 0 aliphatic heterocycles. The number of phenolic OH excluding ortho intramolecular Hbond substituents is 2. The Labute approximate surface area is 137 Å². The summed E-state index contributed by atoms with van der Waals surface area (Å²) in [6, 6.07) is 12.6. The normalized spacial score (nSPS) is 10.3. The van der Waals surface area contributed by atoms with Crippen LogP contribution in [-0.2, 0) is 9.59 Å². The third-order valence-corrected chi connectivity index (χ3v) is 2.99. The zero-order valence-corrected chi connectivity index (χ0v) is 12.5. The van der Waals surface area contributed by atoms with Gasteiger partial charge in [-0.1, -0.05) is 24.3 Å². The molecule has 0 aliphatic rings. The van der Waals surface area contributed by atoms with Crippen LogP contribution in [0, 0.1) is 5.41 Å². The second-order valence-corrected chi connectivity index (χ2v) is 4.71. The largest absolute Gasteiger partial charge is 0.506 e. The molecular weight excluding hydrogens is 310 g/mol. The summed E-state index contributed by atoms with van der Waals surface area (Å²) >= 11 is 0. The number of nitrogens with one attached hydrogen (secondary N) is 3. The molecule has 2 aromatic carbocycles. The van der Waals surface area contributed by atoms with Crippen LogP contribution in [-0.4, -0.2) is 27.6 Å². The highest BCUT2D eigenvalue weighted by atomic mass is 16.3. The number of aromatic hydroxyl groups is 2. The van der Waals surface area contributed by atoms with E-state index in [1.807, 2.05) is 0 Å². The number of carbonyl (C=O) groups excluding carboxylic acids is 2. The Bertz CT molecular complexity index is 780. The molecule has 0 heterocycles. The molecule has 24 heavy (non-hydrogen) atoms. The predicted molar refractivity (Wildman–Crippen MR) is 90.3 cm³/mol. The summed E-state index contributed by atoms with van der Waals surface area (Å²) in [4.78, 5) is 23.6. The van der Waals surface area contributed by atoms with Crippen molar-refractivity contribution in [1.82, 2.24) is 0 Å². The van der Waals surface area contributed by atoms with E-state index in [-0.39, 0.29) is 17.2 Å². The van der Waals surface area contributed by atoms with Gasteiger partial charge in [-0.15, -0.1) is 0 Å². The molecule has 0 saturated carbocycles. The van der Waals surface area contributed by atoms with Crippen molar-refractivity contribution in [2.24, 2.45) is 0 Å². The van der Waals surface area contributed by atoms with E-state index in [0.29, 0.717) is 5.69 Å². The third-order valence-electron chi connectivity index (χ3n) is 2.99. The van der Waals surface area contributed by atoms with E-state index in [2.05, 4.69) is 10.6 Å². The van der Waals surface area contributed by atoms with Crippen molar-refractivity contribution in [2.75, 3.05) is 10.6 Å². The minimum atomic E-state index is -0.832. The van der Waals surface area contributed by atoms with Gasteiger partial charge in [-0.2, -0.15) is 0 Å². The molecule has 122 valence electrons. The van der Waals surface area contributed by atoms with Crippen LogP contribution in [0.4, 0.5) is 11.4 Å². The second-order valence-electron chi connectivity index (χ2n) is 4.71. The fraction of sp³-hybridized carbons (Fsp3) is 0. The lowest BCUT2D eigenvalue weighted by molar-refractivity contribution is -0.113. The monoisotopic (exact) mass is 325 g/mol. The maximum Gasteiger partial charge on any atom is 0.277 e. The number of hydrogen-bond donors (Lipinski definition) is 5. The van der Waals surface area contributed by atoms with E-state index in [0.717, 1.165) is 12.3 Å². The topological polar surface area (TPSA) is 123 Å². The van der Waals surface area contributed by atoms with Crippen LogP contribution in [0.25, 0.3) is 0 Å². The van der Waals surface area contributed by atoms with Crippen LogP contribution < -0.4 is 10.6 Å².